The first-order valence-electron chi connectivity index (χ1n) is 14.6. The summed E-state index contributed by atoms with van der Waals surface area (Å²) in [4.78, 5) is 21.7. The number of carbonyl (C=O) groups is 1. The van der Waals surface area contributed by atoms with Crippen molar-refractivity contribution >= 4 is 13.8 Å². The largest absolute Gasteiger partial charge is 0.472 e. The van der Waals surface area contributed by atoms with E-state index in [0.29, 0.717) is 17.4 Å². The molecule has 3 atom stereocenters. The molecule has 222 valence electrons. The molecule has 9 heteroatoms. The number of ether oxygens (including phenoxy) is 1. The Kier molecular flexibility index (Phi) is 21.0. The van der Waals surface area contributed by atoms with Crippen molar-refractivity contribution in [1.82, 2.24) is 0 Å². The van der Waals surface area contributed by atoms with E-state index in [0.717, 1.165) is 18.8 Å². The molecule has 2 N–H and O–H groups in total. The van der Waals surface area contributed by atoms with Crippen LogP contribution in [0.15, 0.2) is 0 Å². The number of hydrogen-bond donors (Lipinski definition) is 2. The minimum absolute atomic E-state index is 0.0546. The van der Waals surface area contributed by atoms with Crippen LogP contribution in [0.5, 0.6) is 0 Å². The van der Waals surface area contributed by atoms with Crippen LogP contribution in [0.25, 0.3) is 0 Å². The van der Waals surface area contributed by atoms with Crippen molar-refractivity contribution in [3.05, 3.63) is 0 Å². The molecule has 0 aromatic carbocycles. The van der Waals surface area contributed by atoms with Crippen LogP contribution in [0.3, 0.4) is 0 Å². The molecule has 0 aliphatic rings. The van der Waals surface area contributed by atoms with Crippen molar-refractivity contribution in [1.29, 1.82) is 0 Å². The Bertz CT molecular complexity index is 610. The third-order valence-electron chi connectivity index (χ3n) is 6.38. The van der Waals surface area contributed by atoms with Crippen LogP contribution in [0, 0.1) is 11.8 Å². The highest BCUT2D eigenvalue weighted by molar-refractivity contribution is 7.47. The minimum Gasteiger partial charge on any atom is -0.463 e. The molecule has 0 aromatic heterocycles. The summed E-state index contributed by atoms with van der Waals surface area (Å²) < 4.78 is 27.2. The lowest BCUT2D eigenvalue weighted by molar-refractivity contribution is -0.870. The molecule has 0 radical (unpaired) electrons. The molecular formula is C28H59NO7P+. The van der Waals surface area contributed by atoms with Crippen LogP contribution in [0.4, 0.5) is 0 Å². The van der Waals surface area contributed by atoms with Gasteiger partial charge >= 0.3 is 13.8 Å². The average Bonchev–Trinajstić information content (AvgIpc) is 2.78. The van der Waals surface area contributed by atoms with E-state index in [1.54, 1.807) is 0 Å². The van der Waals surface area contributed by atoms with Crippen LogP contribution in [0.2, 0.25) is 0 Å². The highest BCUT2D eigenvalue weighted by Gasteiger charge is 2.24. The van der Waals surface area contributed by atoms with Crippen molar-refractivity contribution in [3.8, 4) is 0 Å². The third kappa shape index (κ3) is 26.9. The van der Waals surface area contributed by atoms with E-state index in [1.807, 2.05) is 28.1 Å². The summed E-state index contributed by atoms with van der Waals surface area (Å²) in [7, 11) is 1.56. The number of quaternary nitrogens is 1. The van der Waals surface area contributed by atoms with Gasteiger partial charge in [0.15, 0.2) is 0 Å². The number of phosphoric acid groups is 1. The Morgan fingerprint density at radius 2 is 1.27 bits per heavy atom. The Balaban J connectivity index is 3.67. The smallest absolute Gasteiger partial charge is 0.463 e. The van der Waals surface area contributed by atoms with Gasteiger partial charge in [0.2, 0.25) is 0 Å². The fourth-order valence-corrected chi connectivity index (χ4v) is 4.71. The van der Waals surface area contributed by atoms with Gasteiger partial charge in [-0.2, -0.15) is 0 Å². The average molecular weight is 553 g/mol. The van der Waals surface area contributed by atoms with Crippen molar-refractivity contribution in [2.75, 3.05) is 47.5 Å². The zero-order chi connectivity index (χ0) is 28.2. The van der Waals surface area contributed by atoms with Crippen LogP contribution >= 0.6 is 7.82 Å². The first-order valence-corrected chi connectivity index (χ1v) is 16.1. The van der Waals surface area contributed by atoms with Crippen molar-refractivity contribution in [2.24, 2.45) is 11.8 Å². The van der Waals surface area contributed by atoms with Crippen molar-refractivity contribution < 1.29 is 37.6 Å². The van der Waals surface area contributed by atoms with Crippen LogP contribution < -0.4 is 0 Å². The van der Waals surface area contributed by atoms with E-state index in [1.165, 1.54) is 70.6 Å². The Labute approximate surface area is 227 Å². The molecule has 0 fully saturated rings. The normalized spacial score (nSPS) is 15.5. The first kappa shape index (κ1) is 36.5. The van der Waals surface area contributed by atoms with Crippen molar-refractivity contribution in [2.45, 2.75) is 117 Å². The number of carbonyl (C=O) groups excluding carboxylic acids is 1. The quantitative estimate of drug-likeness (QED) is 0.0578. The number of aliphatic hydroxyl groups excluding tert-OH is 1. The van der Waals surface area contributed by atoms with Gasteiger partial charge in [-0.05, 0) is 11.8 Å². The highest BCUT2D eigenvalue weighted by Crippen LogP contribution is 2.43. The van der Waals surface area contributed by atoms with Gasteiger partial charge in [0.25, 0.3) is 0 Å². The molecule has 2 unspecified atom stereocenters. The van der Waals surface area contributed by atoms with E-state index in [-0.39, 0.29) is 25.1 Å². The van der Waals surface area contributed by atoms with Gasteiger partial charge in [0.05, 0.1) is 27.7 Å². The topological polar surface area (TPSA) is 102 Å². The predicted octanol–water partition coefficient (Wildman–Crippen LogP) is 6.48. The number of aliphatic hydroxyl groups is 1. The summed E-state index contributed by atoms with van der Waals surface area (Å²) in [6.07, 6.45) is 15.9. The highest BCUT2D eigenvalue weighted by atomic mass is 31.2. The minimum atomic E-state index is -4.25. The molecule has 0 amide bonds. The van der Waals surface area contributed by atoms with Crippen LogP contribution in [-0.4, -0.2) is 74.1 Å². The van der Waals surface area contributed by atoms with Crippen molar-refractivity contribution in [3.63, 3.8) is 0 Å². The molecule has 0 saturated carbocycles. The number of rotatable bonds is 25. The summed E-state index contributed by atoms with van der Waals surface area (Å²) in [5.41, 5.74) is 0. The van der Waals surface area contributed by atoms with Gasteiger partial charge in [-0.15, -0.1) is 0 Å². The fraction of sp³-hybridized carbons (Fsp3) is 0.964. The Hall–Kier alpha value is -0.500. The zero-order valence-corrected chi connectivity index (χ0v) is 25.7. The van der Waals surface area contributed by atoms with Gasteiger partial charge in [-0.1, -0.05) is 104 Å². The molecule has 0 aromatic rings. The summed E-state index contributed by atoms with van der Waals surface area (Å²) in [6, 6.07) is 0. The molecule has 0 rings (SSSR count). The molecule has 0 aliphatic carbocycles. The molecule has 0 heterocycles. The lowest BCUT2D eigenvalue weighted by atomic mass is 9.98. The second-order valence-electron chi connectivity index (χ2n) is 12.1. The fourth-order valence-electron chi connectivity index (χ4n) is 3.97. The van der Waals surface area contributed by atoms with Crippen LogP contribution in [-0.2, 0) is 23.1 Å². The maximum Gasteiger partial charge on any atom is 0.472 e. The number of hydrogen-bond acceptors (Lipinski definition) is 6. The van der Waals surface area contributed by atoms with Gasteiger partial charge in [0.1, 0.15) is 25.9 Å². The number of phosphoric ester groups is 1. The van der Waals surface area contributed by atoms with Crippen LogP contribution in [0.1, 0.15) is 111 Å². The van der Waals surface area contributed by atoms with Gasteiger partial charge in [-0.25, -0.2) is 4.57 Å². The van der Waals surface area contributed by atoms with E-state index >= 15 is 0 Å². The summed E-state index contributed by atoms with van der Waals surface area (Å²) >= 11 is 0. The monoisotopic (exact) mass is 552 g/mol. The second-order valence-corrected chi connectivity index (χ2v) is 13.6. The predicted molar refractivity (Wildman–Crippen MR) is 150 cm³/mol. The zero-order valence-electron chi connectivity index (χ0n) is 24.8. The summed E-state index contributed by atoms with van der Waals surface area (Å²) in [5.74, 6) is 0.688. The van der Waals surface area contributed by atoms with E-state index in [9.17, 15) is 19.4 Å². The number of nitrogens with zero attached hydrogens (tertiary/aromatic N) is 1. The first-order chi connectivity index (χ1) is 17.3. The summed E-state index contributed by atoms with van der Waals surface area (Å²) in [5, 5.41) is 9.90. The van der Waals surface area contributed by atoms with E-state index < -0.39 is 20.5 Å². The maximum atomic E-state index is 12.0. The molecule has 0 aliphatic heterocycles. The second kappa shape index (κ2) is 21.3. The lowest BCUT2D eigenvalue weighted by Crippen LogP contribution is -2.37. The Morgan fingerprint density at radius 1 is 0.784 bits per heavy atom. The van der Waals surface area contributed by atoms with Gasteiger partial charge in [0, 0.05) is 6.42 Å². The van der Waals surface area contributed by atoms with E-state index in [2.05, 4.69) is 13.8 Å². The van der Waals surface area contributed by atoms with Gasteiger partial charge < -0.3 is 19.2 Å². The molecular weight excluding hydrogens is 493 g/mol. The Morgan fingerprint density at radius 3 is 1.76 bits per heavy atom. The van der Waals surface area contributed by atoms with Gasteiger partial charge in [-0.3, -0.25) is 13.8 Å². The molecule has 37 heavy (non-hydrogen) atoms. The SMILES string of the molecule is CC(C)CCCCCCCCCCCCCC(C)CC(=O)OC[C@@H](O)COP(=O)(O)OCC[N+](C)(C)C. The maximum absolute atomic E-state index is 12.0. The number of unbranched alkanes of at least 4 members (excludes halogenated alkanes) is 10. The number of esters is 1. The van der Waals surface area contributed by atoms with E-state index in [4.69, 9.17) is 13.8 Å². The number of likely N-dealkylation sites (N-methyl/N-ethyl adjacent to an activating group) is 1. The molecule has 8 nitrogen and oxygen atoms in total. The molecule has 0 spiro atoms. The summed E-state index contributed by atoms with van der Waals surface area (Å²) in [6.45, 7) is 6.50. The molecule has 0 saturated heterocycles. The molecule has 0 bridgehead atoms. The lowest BCUT2D eigenvalue weighted by Gasteiger charge is -2.24. The third-order valence-corrected chi connectivity index (χ3v) is 7.36. The standard InChI is InChI=1S/C28H58NO7P/c1-25(2)18-16-14-12-10-8-7-9-11-13-15-17-19-26(3)22-28(31)34-23-27(30)24-36-37(32,33)35-21-20-29(4,5)6/h25-27,30H,7-24H2,1-6H3/p+1/t26?,27-/m1/s1.